The number of hydrogen-bond acceptors (Lipinski definition) is 14. The van der Waals surface area contributed by atoms with Crippen molar-refractivity contribution in [2.24, 2.45) is 0 Å². The maximum atomic E-state index is 12.4. The Morgan fingerprint density at radius 1 is 0.541 bits per heavy atom. The molecule has 12 rings (SSSR count). The van der Waals surface area contributed by atoms with Crippen molar-refractivity contribution in [3.63, 3.8) is 0 Å². The van der Waals surface area contributed by atoms with E-state index in [1.165, 1.54) is 6.26 Å². The van der Waals surface area contributed by atoms with Gasteiger partial charge in [0, 0.05) is 22.8 Å². The number of allylic oxidation sites excluding steroid dienone is 1. The van der Waals surface area contributed by atoms with Crippen molar-refractivity contribution < 1.29 is 51.8 Å². The van der Waals surface area contributed by atoms with Gasteiger partial charge in [-0.15, -0.1) is 15.3 Å². The smallest absolute Gasteiger partial charge is 0.773 e. The number of benzene rings is 6. The van der Waals surface area contributed by atoms with Gasteiger partial charge in [0.1, 0.15) is 17.1 Å². The molecule has 6 aromatic carbocycles. The molecule has 0 saturated carbocycles. The Morgan fingerprint density at radius 2 is 0.835 bits per heavy atom. The summed E-state index contributed by atoms with van der Waals surface area (Å²) in [6, 6.07) is 50.6. The van der Waals surface area contributed by atoms with Crippen molar-refractivity contribution >= 4 is 59.2 Å². The summed E-state index contributed by atoms with van der Waals surface area (Å²) in [6.07, 6.45) is 7.47. The van der Waals surface area contributed by atoms with E-state index in [-0.39, 0.29) is 46.2 Å². The van der Waals surface area contributed by atoms with E-state index in [1.807, 2.05) is 140 Å². The van der Waals surface area contributed by atoms with Gasteiger partial charge in [-0.1, -0.05) is 130 Å². The zero-order valence-electron chi connectivity index (χ0n) is 47.7. The summed E-state index contributed by atoms with van der Waals surface area (Å²) in [5.41, 5.74) is 9.73. The molecule has 6 aromatic heterocycles. The predicted molar refractivity (Wildman–Crippen MR) is 327 cm³/mol. The molecule has 85 heavy (non-hydrogen) atoms. The molecular formula is C62H57N12NaO8S2. The van der Waals surface area contributed by atoms with Gasteiger partial charge in [-0.2, -0.15) is 0 Å². The summed E-state index contributed by atoms with van der Waals surface area (Å²) in [7, 11) is -3.26. The van der Waals surface area contributed by atoms with Gasteiger partial charge >= 0.3 is 29.6 Å². The van der Waals surface area contributed by atoms with E-state index < -0.39 is 31.3 Å². The number of H-pyrrole nitrogens is 3. The first-order valence-electron chi connectivity index (χ1n) is 26.0. The number of aromatic amines is 3. The second-order valence-electron chi connectivity index (χ2n) is 20.6. The third kappa shape index (κ3) is 14.6. The monoisotopic (exact) mass is 1180 g/mol. The number of nitrogens with zero attached hydrogens (tertiary/aromatic N) is 9. The van der Waals surface area contributed by atoms with Gasteiger partial charge in [-0.25, -0.2) is 22.5 Å². The second kappa shape index (κ2) is 26.0. The van der Waals surface area contributed by atoms with Gasteiger partial charge < -0.3 is 24.6 Å². The van der Waals surface area contributed by atoms with Crippen LogP contribution >= 0.6 is 0 Å². The Balaban J connectivity index is 0.000000160. The average molecular weight is 1190 g/mol. The minimum absolute atomic E-state index is 0. The molecule has 1 atom stereocenters. The number of aliphatic hydroxyl groups is 1. The fourth-order valence-electron chi connectivity index (χ4n) is 8.70. The van der Waals surface area contributed by atoms with Gasteiger partial charge in [-0.3, -0.25) is 18.6 Å². The molecule has 12 aromatic rings. The maximum Gasteiger partial charge on any atom is 1.00 e. The normalized spacial score (nSPS) is 11.8. The van der Waals surface area contributed by atoms with E-state index in [0.29, 0.717) is 45.0 Å². The van der Waals surface area contributed by atoms with E-state index in [4.69, 9.17) is 8.76 Å². The fourth-order valence-corrected chi connectivity index (χ4v) is 9.27. The average Bonchev–Trinajstić information content (AvgIpc) is 4.44. The molecule has 23 heteroatoms. The maximum absolute atomic E-state index is 12.4. The third-order valence-corrected chi connectivity index (χ3v) is 15.9. The van der Waals surface area contributed by atoms with Crippen LogP contribution in [0.15, 0.2) is 203 Å². The molecule has 0 spiro atoms. The van der Waals surface area contributed by atoms with Crippen molar-refractivity contribution in [1.29, 1.82) is 0 Å². The molecule has 1 unspecified atom stereocenters. The summed E-state index contributed by atoms with van der Waals surface area (Å²) in [5.74, 6) is 0. The van der Waals surface area contributed by atoms with Crippen LogP contribution in [0.3, 0.4) is 0 Å². The molecule has 0 fully saturated rings. The molecule has 0 aliphatic heterocycles. The fraction of sp³-hybridized carbons (Fsp3) is 0.145. The topological polar surface area (TPSA) is 285 Å². The predicted octanol–water partition coefficient (Wildman–Crippen LogP) is 6.37. The molecule has 6 heterocycles. The molecule has 20 nitrogen and oxygen atoms in total. The van der Waals surface area contributed by atoms with Crippen LogP contribution in [0.5, 0.6) is 0 Å². The number of para-hydroxylation sites is 3. The quantitative estimate of drug-likeness (QED) is 0.0856. The van der Waals surface area contributed by atoms with Gasteiger partial charge in [-0.05, 0) is 147 Å². The zero-order valence-corrected chi connectivity index (χ0v) is 51.3. The summed E-state index contributed by atoms with van der Waals surface area (Å²) in [6.45, 7) is 12.7. The van der Waals surface area contributed by atoms with Crippen molar-refractivity contribution in [2.75, 3.05) is 12.5 Å². The van der Waals surface area contributed by atoms with E-state index in [9.17, 15) is 27.9 Å². The number of nitrogens with one attached hydrogen (secondary N) is 3. The van der Waals surface area contributed by atoms with E-state index in [0.717, 1.165) is 67.0 Å². The van der Waals surface area contributed by atoms with Gasteiger partial charge in [0.05, 0.1) is 62.7 Å². The molecule has 426 valence electrons. The largest absolute Gasteiger partial charge is 1.00 e. The number of aromatic nitrogens is 12. The first kappa shape index (κ1) is 62.2. The number of fused-ring (bicyclic) bond motifs is 3. The first-order chi connectivity index (χ1) is 39.9. The molecular weight excluding hydrogens is 1130 g/mol. The van der Waals surface area contributed by atoms with Crippen LogP contribution < -0.4 is 46.2 Å². The third-order valence-electron chi connectivity index (χ3n) is 13.8. The van der Waals surface area contributed by atoms with Crippen LogP contribution in [0.4, 0.5) is 0 Å². The standard InChI is InChI=1S/C21H20N4O3S.C20H18N4O2.C20H16N4O.CH4O2S.Na/c1-21(2,29(3,27)28)15-8-10-16(11-9-15)25-13-19(23-24-25)17-12-14-6-4-5-7-18(14)22-20(17)26;1-20(2,26)14-7-9-15(10-8-14)24-12-18(22-23-24)16-11-13-5-3-4-6-17(13)21-19(16)25;1-13(2)14-7-9-16(10-8-14)24-12-19(22-23-24)17-11-15-5-3-4-6-18(15)21-20(17)25;1-4(2)3;/h4-13H,1-3H3,(H,22,26);3-12,26H,1-2H3,(H,21,25);3-12H,1H2,2H3,(H,21,25);1H3,(H,2,3);/q;;;;+1/p-1. The van der Waals surface area contributed by atoms with Crippen LogP contribution in [-0.2, 0) is 31.3 Å². The number of rotatable bonds is 10. The second-order valence-corrected chi connectivity index (χ2v) is 24.0. The summed E-state index contributed by atoms with van der Waals surface area (Å²) >= 11 is -1.86. The van der Waals surface area contributed by atoms with Crippen molar-refractivity contribution in [2.45, 2.75) is 45.0 Å². The Morgan fingerprint density at radius 3 is 1.13 bits per heavy atom. The molecule has 0 saturated heterocycles. The molecule has 0 bridgehead atoms. The molecule has 0 aliphatic rings. The molecule has 0 amide bonds. The van der Waals surface area contributed by atoms with Gasteiger partial charge in [0.25, 0.3) is 16.7 Å². The van der Waals surface area contributed by atoms with Crippen LogP contribution in [0.1, 0.15) is 51.3 Å². The van der Waals surface area contributed by atoms with Crippen LogP contribution in [0, 0.1) is 0 Å². The number of hydrogen-bond donors (Lipinski definition) is 4. The summed E-state index contributed by atoms with van der Waals surface area (Å²) in [4.78, 5) is 45.8. The minimum Gasteiger partial charge on any atom is -0.773 e. The van der Waals surface area contributed by atoms with E-state index >= 15 is 0 Å². The SMILES string of the molecule is C=C(C)c1ccc(-n2cc(-c3cc4ccccc4[nH]c3=O)nn2)cc1.CC(C)(O)c1ccc(-n2cc(-c3cc4ccccc4[nH]c3=O)nn2)cc1.CC(C)(c1ccc(-n2cc(-c3cc4ccccc4[nH]c3=O)nn2)cc1)S(C)(=O)=O.CS(=O)[O-].[Na+]. The Bertz CT molecular complexity index is 4690. The Labute approximate surface area is 512 Å². The minimum atomic E-state index is -3.26. The van der Waals surface area contributed by atoms with E-state index in [2.05, 4.69) is 52.5 Å². The molecule has 0 aliphatic carbocycles. The van der Waals surface area contributed by atoms with Crippen LogP contribution in [0.2, 0.25) is 0 Å². The Hall–Kier alpha value is -8.87. The Kier molecular flexibility index (Phi) is 19.0. The van der Waals surface area contributed by atoms with E-state index in [1.54, 1.807) is 90.7 Å². The molecule has 4 N–H and O–H groups in total. The van der Waals surface area contributed by atoms with Gasteiger partial charge in [0.2, 0.25) is 0 Å². The molecule has 0 radical (unpaired) electrons. The van der Waals surface area contributed by atoms with Crippen molar-refractivity contribution in [3.05, 3.63) is 237 Å². The summed E-state index contributed by atoms with van der Waals surface area (Å²) in [5, 5.41) is 37.7. The number of pyridine rings is 3. The van der Waals surface area contributed by atoms with Crippen molar-refractivity contribution in [3.8, 4) is 50.8 Å². The van der Waals surface area contributed by atoms with Crippen LogP contribution in [-0.4, -0.2) is 94.7 Å². The summed E-state index contributed by atoms with van der Waals surface area (Å²) < 4.78 is 45.9. The number of sulfone groups is 1. The van der Waals surface area contributed by atoms with Crippen LogP contribution in [0.25, 0.3) is 89.1 Å². The van der Waals surface area contributed by atoms with Gasteiger partial charge in [0.15, 0.2) is 9.84 Å². The first-order valence-corrected chi connectivity index (χ1v) is 29.4. The zero-order chi connectivity index (χ0) is 60.1. The van der Waals surface area contributed by atoms with Crippen molar-refractivity contribution in [1.82, 2.24) is 59.9 Å².